The summed E-state index contributed by atoms with van der Waals surface area (Å²) in [5.41, 5.74) is 6.67. The van der Waals surface area contributed by atoms with Crippen LogP contribution in [0.2, 0.25) is 0 Å². The molecule has 3 aliphatic heterocycles. The second-order valence-corrected chi connectivity index (χ2v) is 17.2. The number of pyridine rings is 3. The van der Waals surface area contributed by atoms with E-state index in [2.05, 4.69) is 72.9 Å². The van der Waals surface area contributed by atoms with Crippen LogP contribution in [-0.2, 0) is 27.9 Å². The molecule has 3 amide bonds. The Hall–Kier alpha value is -6.78. The zero-order chi connectivity index (χ0) is 42.5. The van der Waals surface area contributed by atoms with Crippen LogP contribution in [-0.4, -0.2) is 85.2 Å². The van der Waals surface area contributed by atoms with Crippen molar-refractivity contribution in [1.29, 1.82) is 0 Å². The molecule has 2 saturated heterocycles. The molecule has 314 valence electrons. The lowest BCUT2D eigenvalue weighted by Crippen LogP contribution is -2.52. The van der Waals surface area contributed by atoms with E-state index in [9.17, 15) is 14.4 Å². The zero-order valence-electron chi connectivity index (χ0n) is 35.0. The monoisotopic (exact) mass is 829 g/mol. The molecule has 2 aromatic carbocycles. The van der Waals surface area contributed by atoms with Crippen molar-refractivity contribution in [3.05, 3.63) is 108 Å². The smallest absolute Gasteiger partial charge is 0.255 e. The number of imide groups is 1. The highest BCUT2D eigenvalue weighted by Crippen LogP contribution is 2.35. The minimum absolute atomic E-state index is 0.0998. The SMILES string of the molecule is Cn1c2ccncc2c2ccc(-c3ccc(O[C@H]4C[C@H](OC5CCN(c6ccnc(C#CC(C)(C)Oc7ccc8c(c7)CN(C7CCC(=O)NC7=O)C8=O)c6)CC5)C4)nc3)cc21. The second-order valence-electron chi connectivity index (χ2n) is 17.2. The number of ether oxygens (including phenoxy) is 3. The molecule has 0 bridgehead atoms. The summed E-state index contributed by atoms with van der Waals surface area (Å²) < 4.78 is 21.2. The van der Waals surface area contributed by atoms with Crippen molar-refractivity contribution >= 4 is 45.2 Å². The molecule has 1 atom stereocenters. The molecule has 10 rings (SSSR count). The first-order valence-electron chi connectivity index (χ1n) is 21.3. The van der Waals surface area contributed by atoms with Gasteiger partial charge in [-0.15, -0.1) is 0 Å². The van der Waals surface area contributed by atoms with E-state index in [1.54, 1.807) is 18.3 Å². The highest BCUT2D eigenvalue weighted by Gasteiger charge is 2.39. The summed E-state index contributed by atoms with van der Waals surface area (Å²) in [6.45, 7) is 5.82. The lowest BCUT2D eigenvalue weighted by molar-refractivity contribution is -0.136. The van der Waals surface area contributed by atoms with E-state index >= 15 is 0 Å². The molecule has 1 saturated carbocycles. The number of nitrogens with one attached hydrogen (secondary N) is 1. The minimum Gasteiger partial charge on any atom is -0.475 e. The summed E-state index contributed by atoms with van der Waals surface area (Å²) in [7, 11) is 2.09. The third-order valence-electron chi connectivity index (χ3n) is 12.5. The van der Waals surface area contributed by atoms with Gasteiger partial charge in [-0.1, -0.05) is 12.1 Å². The Balaban J connectivity index is 0.681. The van der Waals surface area contributed by atoms with Crippen molar-refractivity contribution in [1.82, 2.24) is 29.7 Å². The molecular formula is C49H47N7O6. The van der Waals surface area contributed by atoms with E-state index in [1.165, 1.54) is 15.8 Å². The molecule has 4 aromatic heterocycles. The number of piperidine rings is 2. The van der Waals surface area contributed by atoms with E-state index in [1.807, 2.05) is 62.8 Å². The lowest BCUT2D eigenvalue weighted by atomic mass is 9.91. The van der Waals surface area contributed by atoms with Crippen LogP contribution < -0.4 is 19.7 Å². The van der Waals surface area contributed by atoms with Crippen LogP contribution in [0.3, 0.4) is 0 Å². The summed E-state index contributed by atoms with van der Waals surface area (Å²) in [5, 5.41) is 4.69. The van der Waals surface area contributed by atoms with Gasteiger partial charge >= 0.3 is 0 Å². The van der Waals surface area contributed by atoms with Crippen molar-refractivity contribution in [2.75, 3.05) is 18.0 Å². The Kier molecular flexibility index (Phi) is 10.1. The Morgan fingerprint density at radius 2 is 1.65 bits per heavy atom. The van der Waals surface area contributed by atoms with Crippen molar-refractivity contribution in [2.45, 2.75) is 88.9 Å². The van der Waals surface area contributed by atoms with Crippen molar-refractivity contribution < 1.29 is 28.6 Å². The summed E-state index contributed by atoms with van der Waals surface area (Å²) >= 11 is 0. The molecule has 13 heteroatoms. The summed E-state index contributed by atoms with van der Waals surface area (Å²) in [6.07, 6.45) is 12.1. The van der Waals surface area contributed by atoms with Gasteiger partial charge in [-0.2, -0.15) is 0 Å². The number of hydrogen-bond acceptors (Lipinski definition) is 10. The molecule has 1 unspecified atom stereocenters. The molecule has 0 radical (unpaired) electrons. The van der Waals surface area contributed by atoms with Gasteiger partial charge in [-0.3, -0.25) is 24.7 Å². The van der Waals surface area contributed by atoms with Crippen LogP contribution in [0, 0.1) is 11.8 Å². The first-order chi connectivity index (χ1) is 30.0. The van der Waals surface area contributed by atoms with Crippen molar-refractivity contribution in [3.63, 3.8) is 0 Å². The Morgan fingerprint density at radius 3 is 2.45 bits per heavy atom. The van der Waals surface area contributed by atoms with Gasteiger partial charge in [0.2, 0.25) is 17.7 Å². The molecular weight excluding hydrogens is 783 g/mol. The Bertz CT molecular complexity index is 2790. The van der Waals surface area contributed by atoms with Crippen LogP contribution in [0.25, 0.3) is 32.9 Å². The maximum Gasteiger partial charge on any atom is 0.255 e. The van der Waals surface area contributed by atoms with Gasteiger partial charge in [0, 0.05) is 110 Å². The maximum absolute atomic E-state index is 13.1. The van der Waals surface area contributed by atoms with E-state index in [0.29, 0.717) is 29.3 Å². The molecule has 1 aliphatic carbocycles. The van der Waals surface area contributed by atoms with Gasteiger partial charge in [-0.05, 0) is 105 Å². The number of benzene rings is 2. The van der Waals surface area contributed by atoms with Gasteiger partial charge in [0.05, 0.1) is 17.7 Å². The quantitative estimate of drug-likeness (QED) is 0.123. The second kappa shape index (κ2) is 15.9. The molecule has 0 spiro atoms. The largest absolute Gasteiger partial charge is 0.475 e. The highest BCUT2D eigenvalue weighted by molar-refractivity contribution is 6.08. The first kappa shape index (κ1) is 39.4. The van der Waals surface area contributed by atoms with Crippen molar-refractivity contribution in [3.8, 4) is 34.6 Å². The van der Waals surface area contributed by atoms with Crippen LogP contribution in [0.15, 0.2) is 91.5 Å². The van der Waals surface area contributed by atoms with Gasteiger partial charge in [0.1, 0.15) is 23.6 Å². The number of fused-ring (bicyclic) bond motifs is 4. The molecule has 6 aromatic rings. The van der Waals surface area contributed by atoms with Crippen LogP contribution in [0.4, 0.5) is 5.69 Å². The van der Waals surface area contributed by atoms with Crippen molar-refractivity contribution in [2.24, 2.45) is 7.05 Å². The number of aromatic nitrogens is 4. The number of hydrogen-bond donors (Lipinski definition) is 1. The van der Waals surface area contributed by atoms with Gasteiger partial charge < -0.3 is 28.6 Å². The number of nitrogens with zero attached hydrogens (tertiary/aromatic N) is 6. The number of rotatable bonds is 9. The first-order valence-corrected chi connectivity index (χ1v) is 21.3. The third kappa shape index (κ3) is 7.82. The number of carbonyl (C=O) groups is 3. The molecule has 62 heavy (non-hydrogen) atoms. The normalized spacial score (nSPS) is 20.4. The predicted octanol–water partition coefficient (Wildman–Crippen LogP) is 6.75. The summed E-state index contributed by atoms with van der Waals surface area (Å²) in [5.74, 6) is 6.69. The molecule has 4 aliphatic rings. The Morgan fingerprint density at radius 1 is 0.806 bits per heavy atom. The minimum atomic E-state index is -0.854. The molecule has 7 heterocycles. The van der Waals surface area contributed by atoms with E-state index in [-0.39, 0.29) is 43.1 Å². The van der Waals surface area contributed by atoms with Crippen LogP contribution in [0.1, 0.15) is 74.0 Å². The lowest BCUT2D eigenvalue weighted by Gasteiger charge is -2.40. The Labute approximate surface area is 359 Å². The van der Waals surface area contributed by atoms with Crippen LogP contribution >= 0.6 is 0 Å². The number of aryl methyl sites for hydroxylation is 1. The zero-order valence-corrected chi connectivity index (χ0v) is 35.0. The molecule has 3 fully saturated rings. The summed E-state index contributed by atoms with van der Waals surface area (Å²) in [6, 6.07) is 21.3. The fraction of sp³-hybridized carbons (Fsp3) is 0.347. The third-order valence-corrected chi connectivity index (χ3v) is 12.5. The van der Waals surface area contributed by atoms with Crippen LogP contribution in [0.5, 0.6) is 11.6 Å². The average molecular weight is 830 g/mol. The van der Waals surface area contributed by atoms with E-state index in [4.69, 9.17) is 14.2 Å². The molecule has 13 nitrogen and oxygen atoms in total. The number of carbonyl (C=O) groups excluding carboxylic acids is 3. The molecule has 1 N–H and O–H groups in total. The predicted molar refractivity (Wildman–Crippen MR) is 234 cm³/mol. The van der Waals surface area contributed by atoms with E-state index < -0.39 is 17.6 Å². The number of amides is 3. The van der Waals surface area contributed by atoms with Gasteiger partial charge in [-0.25, -0.2) is 9.97 Å². The van der Waals surface area contributed by atoms with E-state index in [0.717, 1.165) is 72.1 Å². The fourth-order valence-electron chi connectivity index (χ4n) is 9.11. The summed E-state index contributed by atoms with van der Waals surface area (Å²) in [4.78, 5) is 54.5. The van der Waals surface area contributed by atoms with Gasteiger partial charge in [0.25, 0.3) is 5.91 Å². The topological polar surface area (TPSA) is 141 Å². The van der Waals surface area contributed by atoms with Gasteiger partial charge in [0.15, 0.2) is 5.60 Å². The average Bonchev–Trinajstić information content (AvgIpc) is 3.74. The fourth-order valence-corrected chi connectivity index (χ4v) is 9.11. The highest BCUT2D eigenvalue weighted by atomic mass is 16.5. The maximum atomic E-state index is 13.1. The number of anilines is 1. The standard InChI is InChI=1S/C49H47N7O6/c1-49(2,62-36-6-8-39-32(22-36)29-56(48(39)59)43-9-10-45(57)53-47(43)58)17-12-33-24-34(13-19-51-33)55-20-15-35(16-21-55)60-37-25-38(26-37)61-46-11-5-31(27-52-46)30-4-7-40-41-28-50-18-14-42(41)54(3)44(40)23-30/h4-8,11,13-14,18-19,22-24,27-28,35,37-38,43H,9-10,15-16,20-21,25-26,29H2,1-3H3,(H,53,57,58)/t37-,38-,43?.